The van der Waals surface area contributed by atoms with Gasteiger partial charge in [-0.25, -0.2) is 4.98 Å². The molecule has 0 atom stereocenters. The average Bonchev–Trinajstić information content (AvgIpc) is 2.62. The number of pyridine rings is 1. The molecule has 22 heavy (non-hydrogen) atoms. The number of rotatable bonds is 4. The van der Waals surface area contributed by atoms with Gasteiger partial charge in [-0.05, 0) is 58.8 Å². The van der Waals surface area contributed by atoms with Gasteiger partial charge in [0.15, 0.2) is 0 Å². The summed E-state index contributed by atoms with van der Waals surface area (Å²) in [5, 5.41) is 3.12. The summed E-state index contributed by atoms with van der Waals surface area (Å²) in [6.45, 7) is 10.4. The molecule has 0 unspecified atom stereocenters. The van der Waals surface area contributed by atoms with Crippen LogP contribution in [0.1, 0.15) is 38.8 Å². The molecular weight excluding hydrogens is 282 g/mol. The summed E-state index contributed by atoms with van der Waals surface area (Å²) < 4.78 is 25.5. The molecule has 1 aromatic rings. The van der Waals surface area contributed by atoms with Gasteiger partial charge in [0.05, 0.1) is 11.2 Å². The molecule has 4 nitrogen and oxygen atoms in total. The van der Waals surface area contributed by atoms with Gasteiger partial charge in [0, 0.05) is 18.3 Å². The van der Waals surface area contributed by atoms with Crippen LogP contribution in [0, 0.1) is 12.9 Å². The van der Waals surface area contributed by atoms with Crippen molar-refractivity contribution in [3.63, 3.8) is 0 Å². The van der Waals surface area contributed by atoms with Crippen LogP contribution in [0.5, 0.6) is 0 Å². The van der Waals surface area contributed by atoms with E-state index in [1.54, 1.807) is 13.0 Å². The minimum Gasteiger partial charge on any atom is -0.400 e. The van der Waals surface area contributed by atoms with Gasteiger partial charge in [-0.15, -0.1) is 0 Å². The average molecular weight is 306 g/mol. The Morgan fingerprint density at radius 2 is 1.91 bits per heavy atom. The molecule has 0 saturated carbocycles. The molecule has 120 valence electrons. The molecule has 1 aliphatic heterocycles. The first-order valence-corrected chi connectivity index (χ1v) is 7.49. The van der Waals surface area contributed by atoms with Gasteiger partial charge < -0.3 is 14.6 Å². The molecule has 1 N–H and O–H groups in total. The van der Waals surface area contributed by atoms with E-state index in [1.165, 1.54) is 6.20 Å². The van der Waals surface area contributed by atoms with Crippen LogP contribution < -0.4 is 5.32 Å². The molecule has 0 radical (unpaired) electrons. The fourth-order valence-corrected chi connectivity index (χ4v) is 2.27. The number of aryl methyl sites for hydroxylation is 1. The van der Waals surface area contributed by atoms with Gasteiger partial charge in [0.25, 0.3) is 0 Å². The van der Waals surface area contributed by atoms with Crippen LogP contribution in [0.3, 0.4) is 0 Å². The predicted molar refractivity (Wildman–Crippen MR) is 86.9 cm³/mol. The van der Waals surface area contributed by atoms with E-state index in [0.717, 1.165) is 11.0 Å². The molecule has 2 rings (SSSR count). The second-order valence-corrected chi connectivity index (χ2v) is 6.71. The van der Waals surface area contributed by atoms with Crippen LogP contribution in [0.4, 0.5) is 4.39 Å². The number of hydrogen-bond donors (Lipinski definition) is 1. The maximum absolute atomic E-state index is 13.3. The Bertz CT molecular complexity index is 572. The van der Waals surface area contributed by atoms with Crippen molar-refractivity contribution in [2.24, 2.45) is 0 Å². The summed E-state index contributed by atoms with van der Waals surface area (Å²) in [5.74, 6) is -0.442. The first kappa shape index (κ1) is 17.1. The minimum absolute atomic E-state index is 0.387. The molecule has 0 aliphatic carbocycles. The fourth-order valence-electron chi connectivity index (χ4n) is 2.27. The third-order valence-electron chi connectivity index (χ3n) is 4.32. The number of aromatic nitrogens is 1. The van der Waals surface area contributed by atoms with E-state index in [2.05, 4.69) is 10.3 Å². The number of nitrogens with one attached hydrogen (secondary N) is 1. The Morgan fingerprint density at radius 3 is 2.41 bits per heavy atom. The van der Waals surface area contributed by atoms with Gasteiger partial charge in [-0.1, -0.05) is 6.08 Å². The number of likely N-dealkylation sites (N-methyl/N-ethyl adjacent to an activating group) is 1. The summed E-state index contributed by atoms with van der Waals surface area (Å²) in [6.07, 6.45) is 3.46. The van der Waals surface area contributed by atoms with Crippen LogP contribution in [-0.4, -0.2) is 36.9 Å². The van der Waals surface area contributed by atoms with Gasteiger partial charge in [-0.2, -0.15) is 4.39 Å². The largest absolute Gasteiger partial charge is 0.491 e. The lowest BCUT2D eigenvalue weighted by molar-refractivity contribution is 0.00578. The molecule has 1 fully saturated rings. The lowest BCUT2D eigenvalue weighted by Crippen LogP contribution is -2.41. The minimum atomic E-state index is -0.442. The van der Waals surface area contributed by atoms with Crippen molar-refractivity contribution >= 4 is 13.2 Å². The fraction of sp³-hybridized carbons (Fsp3) is 0.562. The van der Waals surface area contributed by atoms with Crippen molar-refractivity contribution in [1.29, 1.82) is 0 Å². The highest BCUT2D eigenvalue weighted by molar-refractivity contribution is 6.55. The second kappa shape index (κ2) is 6.10. The Hall–Kier alpha value is -1.24. The first-order chi connectivity index (χ1) is 10.2. The standard InChI is InChI=1S/C16H24BFN2O2/c1-11-7-12(9-20-14(11)18)8-13(10-19-6)17-21-15(2,3)16(4,5)22-17/h7-9,19H,10H2,1-6H3. The van der Waals surface area contributed by atoms with E-state index in [0.29, 0.717) is 12.1 Å². The molecule has 2 heterocycles. The zero-order chi connectivity index (χ0) is 16.5. The molecule has 0 aromatic carbocycles. The zero-order valence-electron chi connectivity index (χ0n) is 14.2. The first-order valence-electron chi connectivity index (χ1n) is 7.49. The summed E-state index contributed by atoms with van der Waals surface area (Å²) in [4.78, 5) is 3.76. The Kier molecular flexibility index (Phi) is 4.75. The highest BCUT2D eigenvalue weighted by Gasteiger charge is 2.52. The zero-order valence-corrected chi connectivity index (χ0v) is 14.2. The summed E-state index contributed by atoms with van der Waals surface area (Å²) in [5.41, 5.74) is 1.53. The van der Waals surface area contributed by atoms with Crippen LogP contribution in [0.25, 0.3) is 6.08 Å². The maximum atomic E-state index is 13.3. The van der Waals surface area contributed by atoms with Gasteiger partial charge in [0.2, 0.25) is 5.95 Å². The molecule has 0 amide bonds. The van der Waals surface area contributed by atoms with Crippen molar-refractivity contribution in [2.75, 3.05) is 13.6 Å². The second-order valence-electron chi connectivity index (χ2n) is 6.71. The lowest BCUT2D eigenvalue weighted by atomic mass is 9.77. The van der Waals surface area contributed by atoms with Crippen molar-refractivity contribution in [2.45, 2.75) is 45.8 Å². The normalized spacial score (nSPS) is 20.5. The number of halogens is 1. The van der Waals surface area contributed by atoms with Crippen LogP contribution >= 0.6 is 0 Å². The van der Waals surface area contributed by atoms with E-state index >= 15 is 0 Å². The molecule has 1 saturated heterocycles. The Balaban J connectivity index is 2.31. The maximum Gasteiger partial charge on any atom is 0.491 e. The van der Waals surface area contributed by atoms with Crippen molar-refractivity contribution in [3.8, 4) is 0 Å². The highest BCUT2D eigenvalue weighted by Crippen LogP contribution is 2.38. The molecule has 0 bridgehead atoms. The third-order valence-corrected chi connectivity index (χ3v) is 4.32. The van der Waals surface area contributed by atoms with Crippen molar-refractivity contribution < 1.29 is 13.7 Å². The topological polar surface area (TPSA) is 43.4 Å². The van der Waals surface area contributed by atoms with E-state index in [9.17, 15) is 4.39 Å². The SMILES string of the molecule is CNCC(=Cc1cnc(F)c(C)c1)B1OC(C)(C)C(C)(C)O1. The molecule has 1 aromatic heterocycles. The van der Waals surface area contributed by atoms with Crippen LogP contribution in [-0.2, 0) is 9.31 Å². The monoisotopic (exact) mass is 306 g/mol. The molecule has 1 aliphatic rings. The molecule has 0 spiro atoms. The van der Waals surface area contributed by atoms with Crippen molar-refractivity contribution in [3.05, 3.63) is 34.8 Å². The van der Waals surface area contributed by atoms with E-state index < -0.39 is 13.1 Å². The van der Waals surface area contributed by atoms with Crippen LogP contribution in [0.15, 0.2) is 17.7 Å². The Morgan fingerprint density at radius 1 is 1.32 bits per heavy atom. The predicted octanol–water partition coefficient (Wildman–Crippen LogP) is 2.76. The summed E-state index contributed by atoms with van der Waals surface area (Å²) >= 11 is 0. The van der Waals surface area contributed by atoms with Crippen LogP contribution in [0.2, 0.25) is 0 Å². The van der Waals surface area contributed by atoms with E-state index in [-0.39, 0.29) is 11.2 Å². The van der Waals surface area contributed by atoms with Gasteiger partial charge in [0.1, 0.15) is 0 Å². The third kappa shape index (κ3) is 3.40. The van der Waals surface area contributed by atoms with E-state index in [1.807, 2.05) is 40.8 Å². The van der Waals surface area contributed by atoms with E-state index in [4.69, 9.17) is 9.31 Å². The molecular formula is C16H24BFN2O2. The molecule has 6 heteroatoms. The summed E-state index contributed by atoms with van der Waals surface area (Å²) in [6, 6.07) is 1.77. The van der Waals surface area contributed by atoms with Gasteiger partial charge in [-0.3, -0.25) is 0 Å². The Labute approximate surface area is 132 Å². The number of nitrogens with zero attached hydrogens (tertiary/aromatic N) is 1. The summed E-state index contributed by atoms with van der Waals surface area (Å²) in [7, 11) is 1.44. The lowest BCUT2D eigenvalue weighted by Gasteiger charge is -2.32. The highest BCUT2D eigenvalue weighted by atomic mass is 19.1. The van der Waals surface area contributed by atoms with Crippen molar-refractivity contribution in [1.82, 2.24) is 10.3 Å². The quantitative estimate of drug-likeness (QED) is 0.686. The number of hydrogen-bond acceptors (Lipinski definition) is 4. The smallest absolute Gasteiger partial charge is 0.400 e. The van der Waals surface area contributed by atoms with Gasteiger partial charge >= 0.3 is 7.12 Å².